The van der Waals surface area contributed by atoms with E-state index in [1.54, 1.807) is 0 Å². The van der Waals surface area contributed by atoms with Gasteiger partial charge in [0.15, 0.2) is 0 Å². The van der Waals surface area contributed by atoms with Crippen LogP contribution in [0, 0.1) is 12.3 Å². The standard InChI is InChI=1S/C16H21N3O/c1-11-5-7-12(8-6-11)18-15(20)19-13-9-14(17-10-13)16(2,3)4/h5-9H,10H2,1-4H3,(H2,18,19,20). The maximum atomic E-state index is 11.9. The number of aryl methyl sites for hydroxylation is 1. The molecule has 0 atom stereocenters. The number of benzene rings is 1. The molecule has 1 heterocycles. The van der Waals surface area contributed by atoms with E-state index >= 15 is 0 Å². The molecule has 2 N–H and O–H groups in total. The monoisotopic (exact) mass is 271 g/mol. The number of carbonyl (C=O) groups is 1. The van der Waals surface area contributed by atoms with Gasteiger partial charge in [0, 0.05) is 22.5 Å². The number of rotatable bonds is 2. The van der Waals surface area contributed by atoms with E-state index in [1.165, 1.54) is 0 Å². The van der Waals surface area contributed by atoms with Crippen LogP contribution in [-0.4, -0.2) is 18.3 Å². The number of nitrogens with zero attached hydrogens (tertiary/aromatic N) is 1. The topological polar surface area (TPSA) is 53.5 Å². The quantitative estimate of drug-likeness (QED) is 0.849. The predicted octanol–water partition coefficient (Wildman–Crippen LogP) is 3.50. The zero-order chi connectivity index (χ0) is 14.8. The van der Waals surface area contributed by atoms with Crippen LogP contribution in [0.4, 0.5) is 10.5 Å². The number of amides is 2. The summed E-state index contributed by atoms with van der Waals surface area (Å²) in [6.45, 7) is 8.87. The van der Waals surface area contributed by atoms with Gasteiger partial charge in [0.05, 0.1) is 6.54 Å². The lowest BCUT2D eigenvalue weighted by Crippen LogP contribution is -2.28. The molecule has 0 radical (unpaired) electrons. The number of carbonyl (C=O) groups excluding carboxylic acids is 1. The SMILES string of the molecule is Cc1ccc(NC(=O)NC2=CC(C(C)(C)C)=NC2)cc1. The van der Waals surface area contributed by atoms with Crippen LogP contribution < -0.4 is 10.6 Å². The lowest BCUT2D eigenvalue weighted by molar-refractivity contribution is 0.254. The molecule has 4 nitrogen and oxygen atoms in total. The van der Waals surface area contributed by atoms with E-state index in [4.69, 9.17) is 0 Å². The summed E-state index contributed by atoms with van der Waals surface area (Å²) in [4.78, 5) is 16.3. The van der Waals surface area contributed by atoms with Crippen molar-refractivity contribution in [3.63, 3.8) is 0 Å². The van der Waals surface area contributed by atoms with Crippen molar-refractivity contribution in [1.29, 1.82) is 0 Å². The Morgan fingerprint density at radius 1 is 1.15 bits per heavy atom. The Bertz CT molecular complexity index is 562. The van der Waals surface area contributed by atoms with Crippen LogP contribution in [0.3, 0.4) is 0 Å². The molecular formula is C16H21N3O. The minimum Gasteiger partial charge on any atom is -0.310 e. The van der Waals surface area contributed by atoms with Crippen molar-refractivity contribution in [2.24, 2.45) is 10.4 Å². The highest BCUT2D eigenvalue weighted by molar-refractivity contribution is 6.02. The van der Waals surface area contributed by atoms with Crippen molar-refractivity contribution in [3.8, 4) is 0 Å². The smallest absolute Gasteiger partial charge is 0.310 e. The molecule has 1 aliphatic heterocycles. The highest BCUT2D eigenvalue weighted by Crippen LogP contribution is 2.21. The highest BCUT2D eigenvalue weighted by Gasteiger charge is 2.21. The summed E-state index contributed by atoms with van der Waals surface area (Å²) in [5.74, 6) is 0. The number of hydrogen-bond acceptors (Lipinski definition) is 2. The summed E-state index contributed by atoms with van der Waals surface area (Å²) in [5, 5.41) is 5.65. The largest absolute Gasteiger partial charge is 0.323 e. The summed E-state index contributed by atoms with van der Waals surface area (Å²) in [6, 6.07) is 7.46. The summed E-state index contributed by atoms with van der Waals surface area (Å²) < 4.78 is 0. The third kappa shape index (κ3) is 3.70. The second kappa shape index (κ2) is 5.49. The number of allylic oxidation sites excluding steroid dienone is 1. The molecule has 0 saturated heterocycles. The van der Waals surface area contributed by atoms with Gasteiger partial charge in [-0.05, 0) is 25.1 Å². The minimum absolute atomic E-state index is 0.0108. The first kappa shape index (κ1) is 14.3. The van der Waals surface area contributed by atoms with E-state index in [0.29, 0.717) is 6.54 Å². The maximum absolute atomic E-state index is 11.9. The number of urea groups is 1. The molecule has 0 aliphatic carbocycles. The molecule has 2 amide bonds. The van der Waals surface area contributed by atoms with Gasteiger partial charge >= 0.3 is 6.03 Å². The van der Waals surface area contributed by atoms with Crippen LogP contribution in [0.15, 0.2) is 41.0 Å². The van der Waals surface area contributed by atoms with E-state index in [2.05, 4.69) is 36.4 Å². The van der Waals surface area contributed by atoms with Crippen LogP contribution in [0.2, 0.25) is 0 Å². The van der Waals surface area contributed by atoms with E-state index in [1.807, 2.05) is 37.3 Å². The van der Waals surface area contributed by atoms with E-state index in [-0.39, 0.29) is 11.4 Å². The molecule has 1 aromatic rings. The van der Waals surface area contributed by atoms with Gasteiger partial charge in [-0.25, -0.2) is 4.79 Å². The Kier molecular flexibility index (Phi) is 3.93. The highest BCUT2D eigenvalue weighted by atomic mass is 16.2. The number of hydrogen-bond donors (Lipinski definition) is 2. The fourth-order valence-electron chi connectivity index (χ4n) is 1.90. The van der Waals surface area contributed by atoms with Gasteiger partial charge in [-0.15, -0.1) is 0 Å². The van der Waals surface area contributed by atoms with Crippen molar-refractivity contribution in [2.75, 3.05) is 11.9 Å². The van der Waals surface area contributed by atoms with Gasteiger partial charge in [-0.2, -0.15) is 0 Å². The zero-order valence-corrected chi connectivity index (χ0v) is 12.4. The van der Waals surface area contributed by atoms with Gasteiger partial charge in [0.1, 0.15) is 0 Å². The Morgan fingerprint density at radius 2 is 1.80 bits per heavy atom. The van der Waals surface area contributed by atoms with Gasteiger partial charge in [0.25, 0.3) is 0 Å². The molecule has 106 valence electrons. The van der Waals surface area contributed by atoms with Gasteiger partial charge in [-0.1, -0.05) is 38.5 Å². The third-order valence-electron chi connectivity index (χ3n) is 3.08. The number of aliphatic imine (C=N–C) groups is 1. The Hall–Kier alpha value is -2.10. The van der Waals surface area contributed by atoms with E-state index in [0.717, 1.165) is 22.7 Å². The Morgan fingerprint density at radius 3 is 2.35 bits per heavy atom. The molecule has 4 heteroatoms. The first-order valence-electron chi connectivity index (χ1n) is 6.75. The van der Waals surface area contributed by atoms with Crippen molar-refractivity contribution in [1.82, 2.24) is 5.32 Å². The number of anilines is 1. The molecule has 0 bridgehead atoms. The predicted molar refractivity (Wildman–Crippen MR) is 83.2 cm³/mol. The van der Waals surface area contributed by atoms with E-state index in [9.17, 15) is 4.79 Å². The summed E-state index contributed by atoms with van der Waals surface area (Å²) in [7, 11) is 0. The third-order valence-corrected chi connectivity index (χ3v) is 3.08. The molecule has 0 spiro atoms. The first-order valence-corrected chi connectivity index (χ1v) is 6.75. The van der Waals surface area contributed by atoms with Crippen molar-refractivity contribution >= 4 is 17.4 Å². The van der Waals surface area contributed by atoms with Crippen LogP contribution in [-0.2, 0) is 0 Å². The molecule has 1 aliphatic rings. The van der Waals surface area contributed by atoms with Gasteiger partial charge in [-0.3, -0.25) is 4.99 Å². The van der Waals surface area contributed by atoms with Crippen LogP contribution >= 0.6 is 0 Å². The van der Waals surface area contributed by atoms with Crippen molar-refractivity contribution in [2.45, 2.75) is 27.7 Å². The maximum Gasteiger partial charge on any atom is 0.323 e. The van der Waals surface area contributed by atoms with E-state index < -0.39 is 0 Å². The molecule has 0 unspecified atom stereocenters. The normalized spacial score (nSPS) is 14.6. The molecule has 20 heavy (non-hydrogen) atoms. The Labute approximate surface area is 120 Å². The fraction of sp³-hybridized carbons (Fsp3) is 0.375. The van der Waals surface area contributed by atoms with Crippen LogP contribution in [0.1, 0.15) is 26.3 Å². The second-order valence-electron chi connectivity index (χ2n) is 6.07. The molecular weight excluding hydrogens is 250 g/mol. The lowest BCUT2D eigenvalue weighted by Gasteiger charge is -2.16. The fourth-order valence-corrected chi connectivity index (χ4v) is 1.90. The van der Waals surface area contributed by atoms with Crippen LogP contribution in [0.5, 0.6) is 0 Å². The average molecular weight is 271 g/mol. The lowest BCUT2D eigenvalue weighted by atomic mass is 9.90. The second-order valence-corrected chi connectivity index (χ2v) is 6.07. The first-order chi connectivity index (χ1) is 9.34. The summed E-state index contributed by atoms with van der Waals surface area (Å²) >= 11 is 0. The zero-order valence-electron chi connectivity index (χ0n) is 12.4. The summed E-state index contributed by atoms with van der Waals surface area (Å²) in [5.41, 5.74) is 3.81. The number of nitrogens with one attached hydrogen (secondary N) is 2. The molecule has 0 fully saturated rings. The van der Waals surface area contributed by atoms with Crippen molar-refractivity contribution < 1.29 is 4.79 Å². The molecule has 0 saturated carbocycles. The van der Waals surface area contributed by atoms with Crippen molar-refractivity contribution in [3.05, 3.63) is 41.6 Å². The Balaban J connectivity index is 1.92. The molecule has 2 rings (SSSR count). The molecule has 0 aromatic heterocycles. The van der Waals surface area contributed by atoms with Gasteiger partial charge < -0.3 is 10.6 Å². The minimum atomic E-state index is -0.231. The van der Waals surface area contributed by atoms with Gasteiger partial charge in [0.2, 0.25) is 0 Å². The van der Waals surface area contributed by atoms with Crippen LogP contribution in [0.25, 0.3) is 0 Å². The molecule has 1 aromatic carbocycles. The average Bonchev–Trinajstić information content (AvgIpc) is 2.80. The summed E-state index contributed by atoms with van der Waals surface area (Å²) in [6.07, 6.45) is 1.95.